The van der Waals surface area contributed by atoms with Gasteiger partial charge in [-0.3, -0.25) is 4.79 Å². The molecule has 5 heteroatoms. The van der Waals surface area contributed by atoms with Gasteiger partial charge in [0.05, 0.1) is 24.0 Å². The van der Waals surface area contributed by atoms with Crippen LogP contribution < -0.4 is 4.74 Å². The first-order chi connectivity index (χ1) is 8.24. The van der Waals surface area contributed by atoms with Crippen LogP contribution in [0.5, 0.6) is 5.75 Å². The molecule has 0 unspecified atom stereocenters. The molecule has 0 saturated heterocycles. The highest BCUT2D eigenvalue weighted by molar-refractivity contribution is 7.99. The molecule has 1 aromatic rings. The predicted octanol–water partition coefficient (Wildman–Crippen LogP) is 3.02. The van der Waals surface area contributed by atoms with Crippen LogP contribution in [0.4, 0.5) is 0 Å². The summed E-state index contributed by atoms with van der Waals surface area (Å²) in [6, 6.07) is 7.32. The number of benzene rings is 1. The maximum Gasteiger partial charge on any atom is 0.315 e. The molecule has 0 fully saturated rings. The molecule has 0 atom stereocenters. The second-order valence-corrected chi connectivity index (χ2v) is 4.65. The van der Waals surface area contributed by atoms with Gasteiger partial charge in [0.25, 0.3) is 0 Å². The van der Waals surface area contributed by atoms with Crippen molar-refractivity contribution in [1.29, 1.82) is 0 Å². The summed E-state index contributed by atoms with van der Waals surface area (Å²) >= 11 is 7.41. The van der Waals surface area contributed by atoms with Crippen molar-refractivity contribution in [2.45, 2.75) is 6.92 Å². The fourth-order valence-corrected chi connectivity index (χ4v) is 1.92. The Hall–Kier alpha value is -0.870. The van der Waals surface area contributed by atoms with Crippen LogP contribution in [-0.4, -0.2) is 30.7 Å². The highest BCUT2D eigenvalue weighted by atomic mass is 35.5. The molecule has 0 aliphatic heterocycles. The van der Waals surface area contributed by atoms with Gasteiger partial charge in [-0.25, -0.2) is 0 Å². The number of carbonyl (C=O) groups excluding carboxylic acids is 1. The van der Waals surface area contributed by atoms with E-state index in [1.165, 1.54) is 11.8 Å². The van der Waals surface area contributed by atoms with Crippen LogP contribution in [0.2, 0.25) is 5.02 Å². The zero-order valence-corrected chi connectivity index (χ0v) is 11.2. The molecule has 0 amide bonds. The summed E-state index contributed by atoms with van der Waals surface area (Å²) in [5.41, 5.74) is 0. The Morgan fingerprint density at radius 2 is 2.18 bits per heavy atom. The number of thioether (sulfide) groups is 1. The van der Waals surface area contributed by atoms with Crippen molar-refractivity contribution in [3.8, 4) is 5.75 Å². The van der Waals surface area contributed by atoms with Crippen molar-refractivity contribution in [2.75, 3.05) is 24.7 Å². The molecule has 0 heterocycles. The average Bonchev–Trinajstić information content (AvgIpc) is 2.31. The number of rotatable bonds is 7. The van der Waals surface area contributed by atoms with Gasteiger partial charge < -0.3 is 9.47 Å². The lowest BCUT2D eigenvalue weighted by atomic mass is 10.3. The van der Waals surface area contributed by atoms with Crippen LogP contribution >= 0.6 is 23.4 Å². The highest BCUT2D eigenvalue weighted by Gasteiger charge is 2.02. The number of para-hydroxylation sites is 1. The van der Waals surface area contributed by atoms with E-state index in [-0.39, 0.29) is 5.97 Å². The molecule has 0 aliphatic carbocycles. The SMILES string of the molecule is CCOC(=O)CSCCOc1ccccc1Cl. The van der Waals surface area contributed by atoms with Gasteiger partial charge in [0, 0.05) is 5.75 Å². The smallest absolute Gasteiger partial charge is 0.315 e. The summed E-state index contributed by atoms with van der Waals surface area (Å²) in [4.78, 5) is 11.0. The van der Waals surface area contributed by atoms with Crippen LogP contribution in [0.15, 0.2) is 24.3 Å². The summed E-state index contributed by atoms with van der Waals surface area (Å²) in [7, 11) is 0. The van der Waals surface area contributed by atoms with Gasteiger partial charge in [-0.05, 0) is 19.1 Å². The Balaban J connectivity index is 2.13. The topological polar surface area (TPSA) is 35.5 Å². The molecule has 3 nitrogen and oxygen atoms in total. The number of carbonyl (C=O) groups is 1. The fraction of sp³-hybridized carbons (Fsp3) is 0.417. The molecule has 1 aromatic carbocycles. The number of hydrogen-bond donors (Lipinski definition) is 0. The molecule has 0 spiro atoms. The van der Waals surface area contributed by atoms with Crippen molar-refractivity contribution < 1.29 is 14.3 Å². The lowest BCUT2D eigenvalue weighted by Crippen LogP contribution is -2.09. The molecular formula is C12H15ClO3S. The van der Waals surface area contributed by atoms with Crippen LogP contribution in [0, 0.1) is 0 Å². The summed E-state index contributed by atoms with van der Waals surface area (Å²) < 4.78 is 10.3. The average molecular weight is 275 g/mol. The summed E-state index contributed by atoms with van der Waals surface area (Å²) in [5, 5.41) is 0.600. The molecule has 1 rings (SSSR count). The zero-order valence-electron chi connectivity index (χ0n) is 9.65. The normalized spacial score (nSPS) is 10.0. The molecule has 94 valence electrons. The summed E-state index contributed by atoms with van der Waals surface area (Å²) in [5.74, 6) is 1.57. The van der Waals surface area contributed by atoms with Crippen molar-refractivity contribution in [2.24, 2.45) is 0 Å². The van der Waals surface area contributed by atoms with Gasteiger partial charge in [-0.1, -0.05) is 23.7 Å². The number of esters is 1. The molecule has 0 N–H and O–H groups in total. The second kappa shape index (κ2) is 8.25. The van der Waals surface area contributed by atoms with E-state index in [2.05, 4.69) is 0 Å². The first kappa shape index (κ1) is 14.2. The number of hydrogen-bond acceptors (Lipinski definition) is 4. The monoisotopic (exact) mass is 274 g/mol. The van der Waals surface area contributed by atoms with Gasteiger partial charge in [-0.2, -0.15) is 0 Å². The van der Waals surface area contributed by atoms with Crippen LogP contribution in [0.25, 0.3) is 0 Å². The first-order valence-corrected chi connectivity index (χ1v) is 6.88. The maximum absolute atomic E-state index is 11.0. The van der Waals surface area contributed by atoms with Crippen molar-refractivity contribution >= 4 is 29.3 Å². The number of ether oxygens (including phenoxy) is 2. The lowest BCUT2D eigenvalue weighted by Gasteiger charge is -2.07. The quantitative estimate of drug-likeness (QED) is 0.566. The lowest BCUT2D eigenvalue weighted by molar-refractivity contribution is -0.139. The minimum absolute atomic E-state index is 0.185. The summed E-state index contributed by atoms with van der Waals surface area (Å²) in [6.07, 6.45) is 0. The number of halogens is 1. The molecule has 0 bridgehead atoms. The Morgan fingerprint density at radius 1 is 1.41 bits per heavy atom. The Labute approximate surface area is 110 Å². The van der Waals surface area contributed by atoms with E-state index in [0.29, 0.717) is 29.7 Å². The van der Waals surface area contributed by atoms with E-state index in [4.69, 9.17) is 21.1 Å². The standard InChI is InChI=1S/C12H15ClO3S/c1-2-15-12(14)9-17-8-7-16-11-6-4-3-5-10(11)13/h3-6H,2,7-9H2,1H3. The van der Waals surface area contributed by atoms with Gasteiger partial charge in [0.15, 0.2) is 0 Å². The molecule has 0 radical (unpaired) electrons. The van der Waals surface area contributed by atoms with Gasteiger partial charge >= 0.3 is 5.97 Å². The maximum atomic E-state index is 11.0. The van der Waals surface area contributed by atoms with E-state index in [0.717, 1.165) is 5.75 Å². The second-order valence-electron chi connectivity index (χ2n) is 3.14. The van der Waals surface area contributed by atoms with E-state index < -0.39 is 0 Å². The van der Waals surface area contributed by atoms with Crippen molar-refractivity contribution in [3.63, 3.8) is 0 Å². The Morgan fingerprint density at radius 3 is 2.88 bits per heavy atom. The van der Waals surface area contributed by atoms with Gasteiger partial charge in [0.1, 0.15) is 5.75 Å². The van der Waals surface area contributed by atoms with Crippen molar-refractivity contribution in [3.05, 3.63) is 29.3 Å². The minimum Gasteiger partial charge on any atom is -0.491 e. The summed E-state index contributed by atoms with van der Waals surface area (Å²) in [6.45, 7) is 2.74. The Kier molecular flexibility index (Phi) is 6.89. The van der Waals surface area contributed by atoms with Crippen LogP contribution in [0.3, 0.4) is 0 Å². The largest absolute Gasteiger partial charge is 0.491 e. The fourth-order valence-electron chi connectivity index (χ4n) is 1.13. The molecular weight excluding hydrogens is 260 g/mol. The third kappa shape index (κ3) is 5.84. The molecule has 0 aliphatic rings. The third-order valence-corrected chi connectivity index (χ3v) is 3.05. The molecule has 0 aromatic heterocycles. The van der Waals surface area contributed by atoms with E-state index >= 15 is 0 Å². The van der Waals surface area contributed by atoms with Crippen molar-refractivity contribution in [1.82, 2.24) is 0 Å². The van der Waals surface area contributed by atoms with Crippen LogP contribution in [-0.2, 0) is 9.53 Å². The zero-order chi connectivity index (χ0) is 12.5. The molecule has 0 saturated carbocycles. The van der Waals surface area contributed by atoms with Crippen LogP contribution in [0.1, 0.15) is 6.92 Å². The first-order valence-electron chi connectivity index (χ1n) is 5.34. The highest BCUT2D eigenvalue weighted by Crippen LogP contribution is 2.23. The minimum atomic E-state index is -0.185. The van der Waals surface area contributed by atoms with E-state index in [9.17, 15) is 4.79 Å². The van der Waals surface area contributed by atoms with E-state index in [1.54, 1.807) is 13.0 Å². The van der Waals surface area contributed by atoms with E-state index in [1.807, 2.05) is 18.2 Å². The predicted molar refractivity (Wildman–Crippen MR) is 70.9 cm³/mol. The van der Waals surface area contributed by atoms with Gasteiger partial charge in [-0.15, -0.1) is 11.8 Å². The molecule has 17 heavy (non-hydrogen) atoms. The Bertz CT molecular complexity index is 357. The van der Waals surface area contributed by atoms with Gasteiger partial charge in [0.2, 0.25) is 0 Å². The third-order valence-electron chi connectivity index (χ3n) is 1.85.